The van der Waals surface area contributed by atoms with Crippen LogP contribution in [0.4, 0.5) is 0 Å². The molecule has 8 heteroatoms. The summed E-state index contributed by atoms with van der Waals surface area (Å²) in [7, 11) is 5.12. The summed E-state index contributed by atoms with van der Waals surface area (Å²) in [6.45, 7) is 0.379. The fraction of sp³-hybridized carbons (Fsp3) is 0.444. The summed E-state index contributed by atoms with van der Waals surface area (Å²) in [5.41, 5.74) is 1.76. The summed E-state index contributed by atoms with van der Waals surface area (Å²) in [4.78, 5) is 30.8. The van der Waals surface area contributed by atoms with Gasteiger partial charge in [0.15, 0.2) is 0 Å². The predicted molar refractivity (Wildman–Crippen MR) is 94.1 cm³/mol. The molecule has 2 atom stereocenters. The second-order valence-corrected chi connectivity index (χ2v) is 6.40. The van der Waals surface area contributed by atoms with Gasteiger partial charge in [-0.1, -0.05) is 0 Å². The molecule has 0 bridgehead atoms. The number of pyridine rings is 1. The topological polar surface area (TPSA) is 89.4 Å². The minimum absolute atomic E-state index is 0.0409. The number of hydrogen-bond donors (Lipinski definition) is 1. The lowest BCUT2D eigenvalue weighted by molar-refractivity contribution is -0.142. The van der Waals surface area contributed by atoms with Crippen LogP contribution in [0.3, 0.4) is 0 Å². The molecule has 0 unspecified atom stereocenters. The number of ether oxygens (including phenoxy) is 1. The minimum atomic E-state index is -0.323. The average Bonchev–Trinajstić information content (AvgIpc) is 3.07. The van der Waals surface area contributed by atoms with Crippen molar-refractivity contribution in [1.29, 1.82) is 0 Å². The Bertz CT molecular complexity index is 804. The van der Waals surface area contributed by atoms with Crippen molar-refractivity contribution >= 4 is 11.8 Å². The molecular formula is C18H23N5O3. The van der Waals surface area contributed by atoms with E-state index in [0.717, 1.165) is 11.3 Å². The SMILES string of the molecule is COc1cc(CNC(=O)[C@H]2CCC(=O)N(C)[C@@H]2c2ccnn2C)ccn1. The van der Waals surface area contributed by atoms with Gasteiger partial charge in [0.25, 0.3) is 0 Å². The van der Waals surface area contributed by atoms with Crippen LogP contribution in [0.2, 0.25) is 0 Å². The van der Waals surface area contributed by atoms with Crippen LogP contribution in [0.25, 0.3) is 0 Å². The van der Waals surface area contributed by atoms with Gasteiger partial charge in [-0.25, -0.2) is 4.98 Å². The molecule has 2 aromatic rings. The van der Waals surface area contributed by atoms with Gasteiger partial charge in [-0.3, -0.25) is 14.3 Å². The number of hydrogen-bond acceptors (Lipinski definition) is 5. The monoisotopic (exact) mass is 357 g/mol. The minimum Gasteiger partial charge on any atom is -0.481 e. The Labute approximate surface area is 152 Å². The summed E-state index contributed by atoms with van der Waals surface area (Å²) in [5.74, 6) is 0.148. The van der Waals surface area contributed by atoms with Crippen molar-refractivity contribution in [3.8, 4) is 5.88 Å². The predicted octanol–water partition coefficient (Wildman–Crippen LogP) is 1.05. The highest BCUT2D eigenvalue weighted by Gasteiger charge is 2.40. The first-order valence-electron chi connectivity index (χ1n) is 8.51. The number of nitrogens with zero attached hydrogens (tertiary/aromatic N) is 4. The smallest absolute Gasteiger partial charge is 0.225 e. The van der Waals surface area contributed by atoms with Gasteiger partial charge in [0.05, 0.1) is 24.8 Å². The highest BCUT2D eigenvalue weighted by molar-refractivity contribution is 5.84. The number of aryl methyl sites for hydroxylation is 1. The number of rotatable bonds is 5. The lowest BCUT2D eigenvalue weighted by atomic mass is 9.86. The van der Waals surface area contributed by atoms with Gasteiger partial charge in [-0.15, -0.1) is 0 Å². The summed E-state index contributed by atoms with van der Waals surface area (Å²) in [6, 6.07) is 5.15. The Kier molecular flexibility index (Phi) is 5.20. The van der Waals surface area contributed by atoms with Crippen LogP contribution in [0.1, 0.15) is 30.1 Å². The van der Waals surface area contributed by atoms with Crippen LogP contribution in [0, 0.1) is 5.92 Å². The third kappa shape index (κ3) is 3.54. The molecule has 1 fully saturated rings. The van der Waals surface area contributed by atoms with Crippen molar-refractivity contribution in [2.24, 2.45) is 13.0 Å². The molecular weight excluding hydrogens is 334 g/mol. The second kappa shape index (κ2) is 7.55. The summed E-state index contributed by atoms with van der Waals surface area (Å²) >= 11 is 0. The molecule has 2 amide bonds. The number of likely N-dealkylation sites (tertiary alicyclic amines) is 1. The van der Waals surface area contributed by atoms with E-state index in [2.05, 4.69) is 15.4 Å². The zero-order chi connectivity index (χ0) is 18.7. The van der Waals surface area contributed by atoms with Crippen molar-refractivity contribution in [3.63, 3.8) is 0 Å². The summed E-state index contributed by atoms with van der Waals surface area (Å²) in [5, 5.41) is 7.16. The zero-order valence-electron chi connectivity index (χ0n) is 15.2. The van der Waals surface area contributed by atoms with E-state index in [1.54, 1.807) is 42.2 Å². The van der Waals surface area contributed by atoms with E-state index in [1.165, 1.54) is 0 Å². The third-order valence-electron chi connectivity index (χ3n) is 4.83. The molecule has 1 aliphatic rings. The van der Waals surface area contributed by atoms with Crippen LogP contribution in [0.5, 0.6) is 5.88 Å². The molecule has 8 nitrogen and oxygen atoms in total. The number of methoxy groups -OCH3 is 1. The highest BCUT2D eigenvalue weighted by atomic mass is 16.5. The van der Waals surface area contributed by atoms with Gasteiger partial charge in [0.1, 0.15) is 0 Å². The van der Waals surface area contributed by atoms with Crippen LogP contribution < -0.4 is 10.1 Å². The standard InChI is InChI=1S/C18H23N5O3/c1-22-16(24)5-4-13(17(22)14-7-9-21-23(14)2)18(25)20-11-12-6-8-19-15(10-12)26-3/h6-10,13,17H,4-5,11H2,1-3H3,(H,20,25)/t13-,17-/m0/s1. The van der Waals surface area contributed by atoms with Crippen molar-refractivity contribution in [3.05, 3.63) is 41.9 Å². The number of carbonyl (C=O) groups is 2. The van der Waals surface area contributed by atoms with E-state index in [0.29, 0.717) is 25.3 Å². The molecule has 1 aliphatic heterocycles. The Morgan fingerprint density at radius 3 is 2.85 bits per heavy atom. The van der Waals surface area contributed by atoms with Crippen LogP contribution in [0.15, 0.2) is 30.6 Å². The third-order valence-corrected chi connectivity index (χ3v) is 4.83. The molecule has 0 aromatic carbocycles. The maximum absolute atomic E-state index is 12.9. The molecule has 3 rings (SSSR count). The first-order chi connectivity index (χ1) is 12.5. The average molecular weight is 357 g/mol. The van der Waals surface area contributed by atoms with E-state index in [4.69, 9.17) is 4.74 Å². The molecule has 0 saturated carbocycles. The highest BCUT2D eigenvalue weighted by Crippen LogP contribution is 2.35. The summed E-state index contributed by atoms with van der Waals surface area (Å²) in [6.07, 6.45) is 4.21. The van der Waals surface area contributed by atoms with Gasteiger partial charge in [0, 0.05) is 45.5 Å². The van der Waals surface area contributed by atoms with Crippen molar-refractivity contribution in [2.75, 3.05) is 14.2 Å². The van der Waals surface area contributed by atoms with Crippen molar-refractivity contribution in [1.82, 2.24) is 25.0 Å². The quantitative estimate of drug-likeness (QED) is 0.864. The number of amides is 2. The van der Waals surface area contributed by atoms with Crippen LogP contribution >= 0.6 is 0 Å². The lowest BCUT2D eigenvalue weighted by Gasteiger charge is -2.38. The number of aromatic nitrogens is 3. The van der Waals surface area contributed by atoms with Gasteiger partial charge in [-0.05, 0) is 24.1 Å². The fourth-order valence-electron chi connectivity index (χ4n) is 3.38. The maximum Gasteiger partial charge on any atom is 0.225 e. The summed E-state index contributed by atoms with van der Waals surface area (Å²) < 4.78 is 6.82. The largest absolute Gasteiger partial charge is 0.481 e. The normalized spacial score (nSPS) is 20.1. The molecule has 0 aliphatic carbocycles. The molecule has 26 heavy (non-hydrogen) atoms. The van der Waals surface area contributed by atoms with Crippen molar-refractivity contribution in [2.45, 2.75) is 25.4 Å². The Balaban J connectivity index is 1.75. The maximum atomic E-state index is 12.9. The van der Waals surface area contributed by atoms with Gasteiger partial charge < -0.3 is 15.0 Å². The van der Waals surface area contributed by atoms with E-state index < -0.39 is 0 Å². The Morgan fingerprint density at radius 1 is 1.35 bits per heavy atom. The molecule has 1 saturated heterocycles. The van der Waals surface area contributed by atoms with Gasteiger partial charge in [0.2, 0.25) is 17.7 Å². The Morgan fingerprint density at radius 2 is 2.15 bits per heavy atom. The fourth-order valence-corrected chi connectivity index (χ4v) is 3.38. The van der Waals surface area contributed by atoms with Gasteiger partial charge in [-0.2, -0.15) is 5.10 Å². The molecule has 3 heterocycles. The second-order valence-electron chi connectivity index (χ2n) is 6.40. The zero-order valence-corrected chi connectivity index (χ0v) is 15.2. The van der Waals surface area contributed by atoms with E-state index in [9.17, 15) is 9.59 Å². The number of nitrogens with one attached hydrogen (secondary N) is 1. The molecule has 1 N–H and O–H groups in total. The molecule has 2 aromatic heterocycles. The van der Waals surface area contributed by atoms with E-state index in [1.807, 2.05) is 19.2 Å². The molecule has 138 valence electrons. The number of piperidine rings is 1. The van der Waals surface area contributed by atoms with Gasteiger partial charge >= 0.3 is 0 Å². The number of carbonyl (C=O) groups excluding carboxylic acids is 2. The first kappa shape index (κ1) is 17.9. The molecule has 0 radical (unpaired) electrons. The Hall–Kier alpha value is -2.90. The van der Waals surface area contributed by atoms with Crippen LogP contribution in [-0.2, 0) is 23.2 Å². The first-order valence-corrected chi connectivity index (χ1v) is 8.51. The lowest BCUT2D eigenvalue weighted by Crippen LogP contribution is -2.46. The van der Waals surface area contributed by atoms with Crippen LogP contribution in [-0.4, -0.2) is 45.6 Å². The van der Waals surface area contributed by atoms with E-state index in [-0.39, 0.29) is 23.8 Å². The molecule has 0 spiro atoms. The van der Waals surface area contributed by atoms with E-state index >= 15 is 0 Å². The van der Waals surface area contributed by atoms with Crippen molar-refractivity contribution < 1.29 is 14.3 Å².